The highest BCUT2D eigenvalue weighted by atomic mass is 35.5. The van der Waals surface area contributed by atoms with Gasteiger partial charge >= 0.3 is 5.97 Å². The third kappa shape index (κ3) is 7.25. The molecule has 0 spiro atoms. The number of aryl methyl sites for hydroxylation is 2. The van der Waals surface area contributed by atoms with Crippen molar-refractivity contribution in [2.24, 2.45) is 0 Å². The molecular weight excluding hydrogens is 624 g/mol. The molecule has 2 aromatic heterocycles. The third-order valence-electron chi connectivity index (χ3n) is 8.24. The molecule has 9 heteroatoms. The molecule has 48 heavy (non-hydrogen) atoms. The summed E-state index contributed by atoms with van der Waals surface area (Å²) in [6, 6.07) is 23.0. The van der Waals surface area contributed by atoms with Crippen LogP contribution in [0.5, 0.6) is 5.75 Å². The average Bonchev–Trinajstić information content (AvgIpc) is 3.48. The van der Waals surface area contributed by atoms with Crippen LogP contribution in [0.1, 0.15) is 44.0 Å². The van der Waals surface area contributed by atoms with Gasteiger partial charge in [-0.2, -0.15) is 5.10 Å². The molecule has 0 fully saturated rings. The van der Waals surface area contributed by atoms with E-state index in [4.69, 9.17) is 36.3 Å². The lowest BCUT2D eigenvalue weighted by atomic mass is 9.98. The molecule has 5 aromatic rings. The van der Waals surface area contributed by atoms with Crippen LogP contribution in [0.3, 0.4) is 0 Å². The van der Waals surface area contributed by atoms with Gasteiger partial charge in [0.1, 0.15) is 12.4 Å². The second-order valence-electron chi connectivity index (χ2n) is 13.1. The SMILES string of the molecule is CC(C)(C)O.COC(=O)Cc1c(C)nc2cc3nn2c1-c1ccc2c(c1Cl)N(C/C=C/CCc1cccc(c1)-c1cccc-3c1)CCO2. The van der Waals surface area contributed by atoms with Gasteiger partial charge in [-0.3, -0.25) is 4.79 Å². The fourth-order valence-corrected chi connectivity index (χ4v) is 6.40. The highest BCUT2D eigenvalue weighted by Gasteiger charge is 2.27. The van der Waals surface area contributed by atoms with Crippen LogP contribution in [0, 0.1) is 6.92 Å². The number of carbonyl (C=O) groups is 1. The van der Waals surface area contributed by atoms with Gasteiger partial charge in [0, 0.05) is 35.0 Å². The fourth-order valence-electron chi connectivity index (χ4n) is 6.03. The number of benzene rings is 3. The molecule has 7 rings (SSSR count). The molecule has 0 radical (unpaired) electrons. The highest BCUT2D eigenvalue weighted by molar-refractivity contribution is 6.36. The van der Waals surface area contributed by atoms with E-state index in [2.05, 4.69) is 65.6 Å². The summed E-state index contributed by atoms with van der Waals surface area (Å²) in [4.78, 5) is 19.7. The molecule has 8 nitrogen and oxygen atoms in total. The van der Waals surface area contributed by atoms with Crippen molar-refractivity contribution in [1.29, 1.82) is 0 Å². The standard InChI is InChI=1S/C35H31ClN4O3.C4H10O/c1-22-28(20-32(41)42-2)34-27-13-14-30-35(33(27)36)39(16-17-43-30)15-5-3-4-8-23-9-6-10-24(18-23)25-11-7-12-26(19-25)29-21-31(37-22)40(34)38-29;1-4(2,3)5/h3,5-7,9-14,18-19,21H,4,8,15-17,20H2,1-2H3;5H,1-3H3/b5-3+;. The maximum Gasteiger partial charge on any atom is 0.310 e. The number of fused-ring (bicyclic) bond motifs is 9. The fraction of sp³-hybridized carbons (Fsp3) is 0.308. The number of rotatable bonds is 2. The van der Waals surface area contributed by atoms with E-state index in [-0.39, 0.29) is 12.4 Å². The molecule has 8 bridgehead atoms. The van der Waals surface area contributed by atoms with Gasteiger partial charge in [0.15, 0.2) is 5.65 Å². The number of aliphatic hydroxyl groups is 1. The zero-order chi connectivity index (χ0) is 34.0. The number of hydrogen-bond donors (Lipinski definition) is 1. The molecular formula is C39H41ClN4O4. The Kier molecular flexibility index (Phi) is 9.58. The Morgan fingerprint density at radius 3 is 2.52 bits per heavy atom. The van der Waals surface area contributed by atoms with Crippen LogP contribution in [0.4, 0.5) is 5.69 Å². The predicted molar refractivity (Wildman–Crippen MR) is 192 cm³/mol. The zero-order valence-electron chi connectivity index (χ0n) is 28.1. The number of allylic oxidation sites excluding steroid dienone is 1. The van der Waals surface area contributed by atoms with Gasteiger partial charge in [-0.05, 0) is 75.4 Å². The molecule has 2 aliphatic rings. The number of esters is 1. The number of aromatic nitrogens is 3. The maximum absolute atomic E-state index is 12.6. The number of ether oxygens (including phenoxy) is 2. The van der Waals surface area contributed by atoms with E-state index in [9.17, 15) is 4.79 Å². The van der Waals surface area contributed by atoms with Crippen LogP contribution >= 0.6 is 11.6 Å². The summed E-state index contributed by atoms with van der Waals surface area (Å²) in [5.74, 6) is 0.383. The normalized spacial score (nSPS) is 14.6. The Morgan fingerprint density at radius 1 is 1.02 bits per heavy atom. The minimum atomic E-state index is -0.500. The van der Waals surface area contributed by atoms with Crippen molar-refractivity contribution in [2.75, 3.05) is 31.7 Å². The zero-order valence-corrected chi connectivity index (χ0v) is 28.8. The first-order chi connectivity index (χ1) is 23.0. The first-order valence-corrected chi connectivity index (χ1v) is 16.6. The van der Waals surface area contributed by atoms with Crippen molar-refractivity contribution in [3.8, 4) is 39.4 Å². The van der Waals surface area contributed by atoms with Gasteiger partial charge in [0.25, 0.3) is 0 Å². The molecule has 3 aromatic carbocycles. The Labute approximate surface area is 286 Å². The monoisotopic (exact) mass is 664 g/mol. The van der Waals surface area contributed by atoms with E-state index in [0.29, 0.717) is 30.4 Å². The van der Waals surface area contributed by atoms with E-state index >= 15 is 0 Å². The van der Waals surface area contributed by atoms with Gasteiger partial charge in [0.05, 0.1) is 47.8 Å². The Hall–Kier alpha value is -4.66. The molecule has 0 amide bonds. The Balaban J connectivity index is 0.000000749. The number of hydrogen-bond acceptors (Lipinski definition) is 7. The highest BCUT2D eigenvalue weighted by Crippen LogP contribution is 2.45. The van der Waals surface area contributed by atoms with E-state index in [1.54, 1.807) is 20.8 Å². The lowest BCUT2D eigenvalue weighted by Gasteiger charge is -2.32. The predicted octanol–water partition coefficient (Wildman–Crippen LogP) is 7.89. The lowest BCUT2D eigenvalue weighted by Crippen LogP contribution is -2.33. The summed E-state index contributed by atoms with van der Waals surface area (Å²) in [5, 5.41) is 14.1. The topological polar surface area (TPSA) is 89.2 Å². The second-order valence-corrected chi connectivity index (χ2v) is 13.5. The van der Waals surface area contributed by atoms with Crippen LogP contribution in [-0.4, -0.2) is 58.1 Å². The lowest BCUT2D eigenvalue weighted by molar-refractivity contribution is -0.139. The maximum atomic E-state index is 12.6. The average molecular weight is 665 g/mol. The number of anilines is 1. The molecule has 4 heterocycles. The summed E-state index contributed by atoms with van der Waals surface area (Å²) in [6.45, 7) is 9.14. The van der Waals surface area contributed by atoms with Crippen LogP contribution in [-0.2, 0) is 22.4 Å². The second kappa shape index (κ2) is 13.8. The Morgan fingerprint density at radius 2 is 1.75 bits per heavy atom. The van der Waals surface area contributed by atoms with E-state index in [1.165, 1.54) is 18.2 Å². The molecule has 248 valence electrons. The van der Waals surface area contributed by atoms with Gasteiger partial charge in [-0.25, -0.2) is 9.50 Å². The van der Waals surface area contributed by atoms with Crippen molar-refractivity contribution in [3.05, 3.63) is 101 Å². The summed E-state index contributed by atoms with van der Waals surface area (Å²) in [7, 11) is 1.39. The van der Waals surface area contributed by atoms with E-state index in [1.807, 2.05) is 29.6 Å². The van der Waals surface area contributed by atoms with E-state index in [0.717, 1.165) is 63.6 Å². The van der Waals surface area contributed by atoms with Crippen LogP contribution in [0.25, 0.3) is 39.3 Å². The smallest absolute Gasteiger partial charge is 0.310 e. The third-order valence-corrected chi connectivity index (χ3v) is 8.62. The first kappa shape index (κ1) is 33.2. The summed E-state index contributed by atoms with van der Waals surface area (Å²) < 4.78 is 12.9. The van der Waals surface area contributed by atoms with Crippen molar-refractivity contribution in [3.63, 3.8) is 0 Å². The van der Waals surface area contributed by atoms with Crippen molar-refractivity contribution < 1.29 is 19.4 Å². The van der Waals surface area contributed by atoms with Crippen LogP contribution < -0.4 is 9.64 Å². The van der Waals surface area contributed by atoms with E-state index < -0.39 is 5.60 Å². The number of halogens is 1. The molecule has 0 saturated carbocycles. The first-order valence-electron chi connectivity index (χ1n) is 16.2. The van der Waals surface area contributed by atoms with Crippen molar-refractivity contribution in [2.45, 2.75) is 52.6 Å². The largest absolute Gasteiger partial charge is 0.490 e. The summed E-state index contributed by atoms with van der Waals surface area (Å²) in [5.41, 5.74) is 9.27. The summed E-state index contributed by atoms with van der Waals surface area (Å²) >= 11 is 7.28. The molecule has 0 saturated heterocycles. The van der Waals surface area contributed by atoms with Gasteiger partial charge < -0.3 is 19.5 Å². The molecule has 2 aliphatic heterocycles. The minimum Gasteiger partial charge on any atom is -0.490 e. The van der Waals surface area contributed by atoms with Crippen molar-refractivity contribution in [1.82, 2.24) is 14.6 Å². The molecule has 1 N–H and O–H groups in total. The van der Waals surface area contributed by atoms with Crippen LogP contribution in [0.15, 0.2) is 78.9 Å². The number of methoxy groups -OCH3 is 1. The van der Waals surface area contributed by atoms with Gasteiger partial charge in [-0.15, -0.1) is 0 Å². The number of carbonyl (C=O) groups excluding carboxylic acids is 1. The summed E-state index contributed by atoms with van der Waals surface area (Å²) in [6.07, 6.45) is 6.38. The van der Waals surface area contributed by atoms with Gasteiger partial charge in [0.2, 0.25) is 0 Å². The molecule has 0 unspecified atom stereocenters. The Bertz CT molecular complexity index is 2000. The van der Waals surface area contributed by atoms with Crippen LogP contribution in [0.2, 0.25) is 5.02 Å². The number of nitrogens with zero attached hydrogens (tertiary/aromatic N) is 4. The van der Waals surface area contributed by atoms with Gasteiger partial charge in [-0.1, -0.05) is 66.2 Å². The molecule has 0 aliphatic carbocycles. The molecule has 0 atom stereocenters. The minimum absolute atomic E-state index is 0.0397. The van der Waals surface area contributed by atoms with Crippen molar-refractivity contribution >= 4 is 28.9 Å². The quantitative estimate of drug-likeness (QED) is 0.152.